The van der Waals surface area contributed by atoms with Crippen LogP contribution in [0.1, 0.15) is 13.8 Å². The number of aromatic nitrogens is 2. The minimum absolute atomic E-state index is 0.0465. The number of hydrogen-bond acceptors (Lipinski definition) is 10. The first-order valence-electron chi connectivity index (χ1n) is 7.78. The Kier molecular flexibility index (Phi) is 7.45. The molecule has 0 radical (unpaired) electrons. The smallest absolute Gasteiger partial charge is 0.324 e. The molecular formula is C14H19N5O5S2. The number of hydrogen-bond donors (Lipinski definition) is 0. The van der Waals surface area contributed by atoms with E-state index in [1.807, 2.05) is 5.01 Å². The summed E-state index contributed by atoms with van der Waals surface area (Å²) < 4.78 is 5.00. The molecule has 0 spiro atoms. The Hall–Kier alpha value is -2.08. The normalized spacial score (nSPS) is 15.2. The van der Waals surface area contributed by atoms with Gasteiger partial charge in [0.15, 0.2) is 10.2 Å². The van der Waals surface area contributed by atoms with E-state index in [1.54, 1.807) is 4.90 Å². The molecule has 0 bridgehead atoms. The van der Waals surface area contributed by atoms with Gasteiger partial charge in [0.1, 0.15) is 0 Å². The molecule has 0 saturated carbocycles. The van der Waals surface area contributed by atoms with Gasteiger partial charge in [-0.25, -0.2) is 4.99 Å². The summed E-state index contributed by atoms with van der Waals surface area (Å²) in [5.74, 6) is -0.396. The molecule has 142 valence electrons. The van der Waals surface area contributed by atoms with Crippen LogP contribution in [0, 0.1) is 0 Å². The minimum Gasteiger partial charge on any atom is -0.861 e. The van der Waals surface area contributed by atoms with E-state index >= 15 is 0 Å². The second-order valence-corrected chi connectivity index (χ2v) is 7.67. The molecule has 0 aliphatic carbocycles. The molecule has 1 aliphatic rings. The van der Waals surface area contributed by atoms with Crippen LogP contribution >= 0.6 is 23.5 Å². The SMILES string of the molecule is CC(=O)SCC(=O)N1CCN([n+]2cc(N=C([O-])CSC(C)=O)on2)CC1. The fraction of sp³-hybridized carbons (Fsp3) is 0.571. The summed E-state index contributed by atoms with van der Waals surface area (Å²) in [6, 6.07) is 0. The highest BCUT2D eigenvalue weighted by Crippen LogP contribution is 2.09. The summed E-state index contributed by atoms with van der Waals surface area (Å²) in [5, 5.41) is 17.0. The van der Waals surface area contributed by atoms with Gasteiger partial charge < -0.3 is 10.0 Å². The molecule has 2 rings (SSSR count). The zero-order valence-electron chi connectivity index (χ0n) is 14.4. The van der Waals surface area contributed by atoms with Crippen LogP contribution in [0.5, 0.6) is 0 Å². The average molecular weight is 401 g/mol. The lowest BCUT2D eigenvalue weighted by atomic mass is 10.3. The van der Waals surface area contributed by atoms with Gasteiger partial charge in [-0.3, -0.25) is 18.9 Å². The van der Waals surface area contributed by atoms with Crippen LogP contribution in [-0.2, 0) is 14.4 Å². The van der Waals surface area contributed by atoms with Crippen LogP contribution < -0.4 is 14.9 Å². The molecule has 1 aromatic rings. The number of carbonyl (C=O) groups is 3. The Morgan fingerprint density at radius 2 is 1.81 bits per heavy atom. The average Bonchev–Trinajstić information content (AvgIpc) is 3.06. The third kappa shape index (κ3) is 6.33. The molecule has 0 N–H and O–H groups in total. The molecule has 1 aromatic heterocycles. The summed E-state index contributed by atoms with van der Waals surface area (Å²) in [6.07, 6.45) is 1.47. The maximum atomic E-state index is 12.0. The number of thioether (sulfide) groups is 2. The number of piperazine rings is 1. The van der Waals surface area contributed by atoms with E-state index in [0.717, 1.165) is 23.5 Å². The maximum absolute atomic E-state index is 12.0. The third-order valence-corrected chi connectivity index (χ3v) is 4.97. The lowest BCUT2D eigenvalue weighted by Gasteiger charge is -2.29. The van der Waals surface area contributed by atoms with Crippen molar-refractivity contribution in [1.82, 2.24) is 10.2 Å². The topological polar surface area (TPSA) is 123 Å². The van der Waals surface area contributed by atoms with Crippen LogP contribution in [-0.4, -0.2) is 69.9 Å². The summed E-state index contributed by atoms with van der Waals surface area (Å²) in [5.41, 5.74) is 0. The zero-order chi connectivity index (χ0) is 19.1. The van der Waals surface area contributed by atoms with E-state index in [2.05, 4.69) is 10.3 Å². The molecule has 10 nitrogen and oxygen atoms in total. The Balaban J connectivity index is 1.85. The van der Waals surface area contributed by atoms with Gasteiger partial charge in [-0.1, -0.05) is 23.5 Å². The van der Waals surface area contributed by atoms with Crippen molar-refractivity contribution in [3.63, 3.8) is 0 Å². The van der Waals surface area contributed by atoms with E-state index in [4.69, 9.17) is 4.52 Å². The summed E-state index contributed by atoms with van der Waals surface area (Å²) >= 11 is 1.88. The highest BCUT2D eigenvalue weighted by atomic mass is 32.2. The summed E-state index contributed by atoms with van der Waals surface area (Å²) in [6.45, 7) is 4.87. The number of rotatable bonds is 6. The maximum Gasteiger partial charge on any atom is 0.324 e. The largest absolute Gasteiger partial charge is 0.861 e. The van der Waals surface area contributed by atoms with Gasteiger partial charge in [0, 0.05) is 32.7 Å². The van der Waals surface area contributed by atoms with Gasteiger partial charge >= 0.3 is 5.88 Å². The number of nitrogens with zero attached hydrogens (tertiary/aromatic N) is 5. The fourth-order valence-electron chi connectivity index (χ4n) is 2.14. The Morgan fingerprint density at radius 3 is 2.42 bits per heavy atom. The van der Waals surface area contributed by atoms with E-state index in [1.165, 1.54) is 24.8 Å². The van der Waals surface area contributed by atoms with Crippen molar-refractivity contribution >= 4 is 51.4 Å². The monoisotopic (exact) mass is 401 g/mol. The van der Waals surface area contributed by atoms with Crippen molar-refractivity contribution in [3.05, 3.63) is 6.20 Å². The zero-order valence-corrected chi connectivity index (χ0v) is 16.0. The fourth-order valence-corrected chi connectivity index (χ4v) is 3.04. The highest BCUT2D eigenvalue weighted by molar-refractivity contribution is 8.14. The molecule has 0 aromatic carbocycles. The third-order valence-electron chi connectivity index (χ3n) is 3.38. The summed E-state index contributed by atoms with van der Waals surface area (Å²) in [4.78, 5) is 40.6. The molecule has 26 heavy (non-hydrogen) atoms. The van der Waals surface area contributed by atoms with Crippen molar-refractivity contribution in [2.75, 3.05) is 42.7 Å². The van der Waals surface area contributed by atoms with Crippen molar-refractivity contribution in [1.29, 1.82) is 0 Å². The second-order valence-electron chi connectivity index (χ2n) is 5.36. The van der Waals surface area contributed by atoms with Gasteiger partial charge in [0.2, 0.25) is 11.2 Å². The standard InChI is InChI=1S/C14H19N5O5S2/c1-10(20)25-8-12(22)15-13-7-19(16-24-13)18-5-3-17(4-6-18)14(23)9-26-11(2)21/h7H,3-6,8-9H2,1-2H3. The van der Waals surface area contributed by atoms with Crippen molar-refractivity contribution < 1.29 is 28.8 Å². The minimum atomic E-state index is -0.480. The van der Waals surface area contributed by atoms with Crippen LogP contribution in [0.2, 0.25) is 0 Å². The Labute approximate surface area is 158 Å². The van der Waals surface area contributed by atoms with Crippen LogP contribution in [0.15, 0.2) is 15.7 Å². The van der Waals surface area contributed by atoms with Crippen LogP contribution in [0.3, 0.4) is 0 Å². The Bertz CT molecular complexity index is 700. The van der Waals surface area contributed by atoms with Crippen molar-refractivity contribution in [3.8, 4) is 0 Å². The quantitative estimate of drug-likeness (QED) is 0.325. The molecule has 1 saturated heterocycles. The number of amides is 1. The van der Waals surface area contributed by atoms with Crippen LogP contribution in [0.25, 0.3) is 0 Å². The second kappa shape index (κ2) is 9.57. The Morgan fingerprint density at radius 1 is 1.19 bits per heavy atom. The molecule has 0 unspecified atom stereocenters. The highest BCUT2D eigenvalue weighted by Gasteiger charge is 2.28. The van der Waals surface area contributed by atoms with E-state index < -0.39 is 5.90 Å². The van der Waals surface area contributed by atoms with Gasteiger partial charge in [0.05, 0.1) is 23.6 Å². The first-order chi connectivity index (χ1) is 12.3. The molecule has 12 heteroatoms. The lowest BCUT2D eigenvalue weighted by molar-refractivity contribution is -0.759. The van der Waals surface area contributed by atoms with E-state index in [-0.39, 0.29) is 33.5 Å². The molecule has 1 amide bonds. The van der Waals surface area contributed by atoms with Gasteiger partial charge in [0.25, 0.3) is 6.20 Å². The molecule has 0 atom stereocenters. The van der Waals surface area contributed by atoms with Gasteiger partial charge in [-0.15, -0.1) is 5.01 Å². The first kappa shape index (κ1) is 20.2. The van der Waals surface area contributed by atoms with Crippen LogP contribution in [0.4, 0.5) is 5.88 Å². The van der Waals surface area contributed by atoms with Crippen molar-refractivity contribution in [2.45, 2.75) is 13.8 Å². The van der Waals surface area contributed by atoms with Gasteiger partial charge in [-0.2, -0.15) is 0 Å². The first-order valence-corrected chi connectivity index (χ1v) is 9.75. The summed E-state index contributed by atoms with van der Waals surface area (Å²) in [7, 11) is 0. The van der Waals surface area contributed by atoms with E-state index in [9.17, 15) is 19.5 Å². The lowest BCUT2D eigenvalue weighted by Crippen LogP contribution is -2.66. The van der Waals surface area contributed by atoms with Crippen molar-refractivity contribution in [2.24, 2.45) is 4.99 Å². The number of carbonyl (C=O) groups excluding carboxylic acids is 3. The molecule has 2 heterocycles. The number of aliphatic imine (C=N–C) groups is 1. The predicted octanol–water partition coefficient (Wildman–Crippen LogP) is -1.31. The predicted molar refractivity (Wildman–Crippen MR) is 94.6 cm³/mol. The van der Waals surface area contributed by atoms with E-state index in [0.29, 0.717) is 26.2 Å². The molecule has 1 fully saturated rings. The molecular weight excluding hydrogens is 382 g/mol. The van der Waals surface area contributed by atoms with Gasteiger partial charge in [-0.05, 0) is 5.90 Å². The molecule has 1 aliphatic heterocycles.